The highest BCUT2D eigenvalue weighted by atomic mass is 16.1. The molecule has 1 aromatic rings. The molecule has 0 N–H and O–H groups in total. The third-order valence-corrected chi connectivity index (χ3v) is 3.59. The van der Waals surface area contributed by atoms with Crippen LogP contribution in [0.3, 0.4) is 0 Å². The zero-order chi connectivity index (χ0) is 11.1. The lowest BCUT2D eigenvalue weighted by Gasteiger charge is -2.31. The highest BCUT2D eigenvalue weighted by Crippen LogP contribution is 2.34. The number of carbonyl (C=O) groups is 1. The molecule has 0 bridgehead atoms. The number of nitrogens with zero attached hydrogens (tertiary/aromatic N) is 1. The first-order valence-electron chi connectivity index (χ1n) is 5.37. The van der Waals surface area contributed by atoms with E-state index < -0.39 is 5.54 Å². The number of carbonyl (C=O) groups excluding carboxylic acids is 1. The normalized spacial score (nSPS) is 27.3. The van der Waals surface area contributed by atoms with E-state index in [9.17, 15) is 4.79 Å². The fourth-order valence-electron chi connectivity index (χ4n) is 2.21. The lowest BCUT2D eigenvalue weighted by Crippen LogP contribution is -2.40. The molecule has 1 atom stereocenters. The summed E-state index contributed by atoms with van der Waals surface area (Å²) in [7, 11) is 2.02. The summed E-state index contributed by atoms with van der Waals surface area (Å²) in [4.78, 5) is 14.1. The summed E-state index contributed by atoms with van der Waals surface area (Å²) >= 11 is 0. The fourth-order valence-corrected chi connectivity index (χ4v) is 2.21. The summed E-state index contributed by atoms with van der Waals surface area (Å²) in [6.07, 6.45) is 0.668. The van der Waals surface area contributed by atoms with Crippen molar-refractivity contribution in [2.45, 2.75) is 25.8 Å². The van der Waals surface area contributed by atoms with Crippen LogP contribution in [0, 0.1) is 6.92 Å². The summed E-state index contributed by atoms with van der Waals surface area (Å²) in [5.41, 5.74) is 1.93. The average Bonchev–Trinajstić information content (AvgIpc) is 2.48. The molecule has 0 radical (unpaired) electrons. The molecule has 1 fully saturated rings. The number of hydrogen-bond donors (Lipinski definition) is 0. The minimum atomic E-state index is -0.409. The van der Waals surface area contributed by atoms with Crippen LogP contribution < -0.4 is 0 Å². The highest BCUT2D eigenvalue weighted by molar-refractivity contribution is 5.91. The summed E-state index contributed by atoms with van der Waals surface area (Å²) in [6, 6.07) is 8.27. The molecule has 1 heterocycles. The van der Waals surface area contributed by atoms with Crippen molar-refractivity contribution in [2.75, 3.05) is 13.6 Å². The SMILES string of the molecule is Cc1ccc(C2(C)C(=O)CCN2C)cc1. The number of rotatable bonds is 1. The molecule has 0 saturated carbocycles. The largest absolute Gasteiger partial charge is 0.297 e. The second kappa shape index (κ2) is 3.46. The van der Waals surface area contributed by atoms with Crippen LogP contribution in [0.5, 0.6) is 0 Å². The maximum atomic E-state index is 12.0. The number of benzene rings is 1. The Morgan fingerprint density at radius 2 is 1.87 bits per heavy atom. The molecular weight excluding hydrogens is 186 g/mol. The van der Waals surface area contributed by atoms with Crippen molar-refractivity contribution in [3.63, 3.8) is 0 Å². The van der Waals surface area contributed by atoms with Crippen LogP contribution in [-0.4, -0.2) is 24.3 Å². The highest BCUT2D eigenvalue weighted by Gasteiger charge is 2.43. The van der Waals surface area contributed by atoms with Crippen LogP contribution in [0.25, 0.3) is 0 Å². The number of likely N-dealkylation sites (tertiary alicyclic amines) is 1. The Hall–Kier alpha value is -1.15. The van der Waals surface area contributed by atoms with E-state index in [0.29, 0.717) is 12.2 Å². The predicted octanol–water partition coefficient (Wildman–Crippen LogP) is 2.11. The van der Waals surface area contributed by atoms with Gasteiger partial charge in [-0.1, -0.05) is 29.8 Å². The maximum absolute atomic E-state index is 12.0. The van der Waals surface area contributed by atoms with Crippen molar-refractivity contribution in [2.24, 2.45) is 0 Å². The van der Waals surface area contributed by atoms with E-state index >= 15 is 0 Å². The Bertz CT molecular complexity index is 382. The Balaban J connectivity index is 2.44. The number of likely N-dealkylation sites (N-methyl/N-ethyl adjacent to an activating group) is 1. The van der Waals surface area contributed by atoms with Gasteiger partial charge < -0.3 is 0 Å². The topological polar surface area (TPSA) is 20.3 Å². The summed E-state index contributed by atoms with van der Waals surface area (Å²) in [5.74, 6) is 0.328. The van der Waals surface area contributed by atoms with Crippen molar-refractivity contribution in [1.82, 2.24) is 4.90 Å². The Labute approximate surface area is 90.9 Å². The minimum absolute atomic E-state index is 0.328. The van der Waals surface area contributed by atoms with Crippen LogP contribution in [0.4, 0.5) is 0 Å². The fraction of sp³-hybridized carbons (Fsp3) is 0.462. The van der Waals surface area contributed by atoms with E-state index in [4.69, 9.17) is 0 Å². The molecule has 1 aliphatic heterocycles. The van der Waals surface area contributed by atoms with Gasteiger partial charge in [0.2, 0.25) is 0 Å². The first-order chi connectivity index (χ1) is 7.05. The van der Waals surface area contributed by atoms with Crippen molar-refractivity contribution < 1.29 is 4.79 Å². The molecule has 1 aliphatic rings. The number of hydrogen-bond acceptors (Lipinski definition) is 2. The maximum Gasteiger partial charge on any atom is 0.158 e. The van der Waals surface area contributed by atoms with Gasteiger partial charge in [-0.2, -0.15) is 0 Å². The van der Waals surface area contributed by atoms with E-state index in [2.05, 4.69) is 36.1 Å². The molecule has 1 unspecified atom stereocenters. The Morgan fingerprint density at radius 3 is 2.33 bits per heavy atom. The lowest BCUT2D eigenvalue weighted by atomic mass is 9.88. The zero-order valence-corrected chi connectivity index (χ0v) is 9.58. The summed E-state index contributed by atoms with van der Waals surface area (Å²) < 4.78 is 0. The van der Waals surface area contributed by atoms with E-state index in [1.54, 1.807) is 0 Å². The molecule has 0 spiro atoms. The Morgan fingerprint density at radius 1 is 1.27 bits per heavy atom. The minimum Gasteiger partial charge on any atom is -0.297 e. The number of ketones is 1. The first-order valence-corrected chi connectivity index (χ1v) is 5.37. The van der Waals surface area contributed by atoms with Crippen LogP contribution in [0.1, 0.15) is 24.5 Å². The smallest absolute Gasteiger partial charge is 0.158 e. The molecule has 15 heavy (non-hydrogen) atoms. The molecule has 80 valence electrons. The van der Waals surface area contributed by atoms with Gasteiger partial charge >= 0.3 is 0 Å². The van der Waals surface area contributed by atoms with Crippen molar-refractivity contribution >= 4 is 5.78 Å². The third-order valence-electron chi connectivity index (χ3n) is 3.59. The van der Waals surface area contributed by atoms with Gasteiger partial charge in [0.05, 0.1) is 0 Å². The number of aryl methyl sites for hydroxylation is 1. The van der Waals surface area contributed by atoms with Crippen LogP contribution in [-0.2, 0) is 10.3 Å². The molecule has 0 aromatic heterocycles. The summed E-state index contributed by atoms with van der Waals surface area (Å²) in [6.45, 7) is 4.95. The van der Waals surface area contributed by atoms with Gasteiger partial charge in [0.25, 0.3) is 0 Å². The monoisotopic (exact) mass is 203 g/mol. The van der Waals surface area contributed by atoms with Gasteiger partial charge in [0.1, 0.15) is 5.54 Å². The first kappa shape index (κ1) is 10.4. The molecule has 1 aromatic carbocycles. The Kier molecular flexibility index (Phi) is 2.39. The predicted molar refractivity (Wildman–Crippen MR) is 60.8 cm³/mol. The van der Waals surface area contributed by atoms with E-state index in [-0.39, 0.29) is 0 Å². The van der Waals surface area contributed by atoms with Gasteiger partial charge in [-0.15, -0.1) is 0 Å². The molecular formula is C13H17NO. The number of Topliss-reactive ketones (excluding diaryl/α,β-unsaturated/α-hetero) is 1. The summed E-state index contributed by atoms with van der Waals surface area (Å²) in [5, 5.41) is 0. The quantitative estimate of drug-likeness (QED) is 0.696. The van der Waals surface area contributed by atoms with Crippen molar-refractivity contribution in [1.29, 1.82) is 0 Å². The molecule has 0 amide bonds. The van der Waals surface area contributed by atoms with Crippen LogP contribution in [0.15, 0.2) is 24.3 Å². The molecule has 2 rings (SSSR count). The third kappa shape index (κ3) is 1.49. The van der Waals surface area contributed by atoms with E-state index in [1.165, 1.54) is 5.56 Å². The molecule has 0 aliphatic carbocycles. The van der Waals surface area contributed by atoms with Gasteiger partial charge in [0, 0.05) is 13.0 Å². The van der Waals surface area contributed by atoms with Crippen LogP contribution >= 0.6 is 0 Å². The second-order valence-corrected chi connectivity index (χ2v) is 4.53. The second-order valence-electron chi connectivity index (χ2n) is 4.53. The van der Waals surface area contributed by atoms with E-state index in [1.807, 2.05) is 14.0 Å². The van der Waals surface area contributed by atoms with Gasteiger partial charge in [-0.05, 0) is 26.5 Å². The molecule has 2 nitrogen and oxygen atoms in total. The lowest BCUT2D eigenvalue weighted by molar-refractivity contribution is -0.124. The van der Waals surface area contributed by atoms with Gasteiger partial charge in [-0.25, -0.2) is 0 Å². The molecule has 1 saturated heterocycles. The van der Waals surface area contributed by atoms with Crippen LogP contribution in [0.2, 0.25) is 0 Å². The molecule has 2 heteroatoms. The standard InChI is InChI=1S/C13H17NO/c1-10-4-6-11(7-5-10)13(2)12(15)8-9-14(13)3/h4-7H,8-9H2,1-3H3. The van der Waals surface area contributed by atoms with Gasteiger partial charge in [0.15, 0.2) is 5.78 Å². The van der Waals surface area contributed by atoms with Crippen molar-refractivity contribution in [3.8, 4) is 0 Å². The zero-order valence-electron chi connectivity index (χ0n) is 9.58. The van der Waals surface area contributed by atoms with E-state index in [0.717, 1.165) is 12.1 Å². The van der Waals surface area contributed by atoms with Gasteiger partial charge in [-0.3, -0.25) is 9.69 Å². The average molecular weight is 203 g/mol. The van der Waals surface area contributed by atoms with Crippen molar-refractivity contribution in [3.05, 3.63) is 35.4 Å².